The molecule has 100 valence electrons. The lowest BCUT2D eigenvalue weighted by Crippen LogP contribution is -2.20. The number of nitrogens with two attached hydrogens (primary N) is 1. The maximum Gasteiger partial charge on any atom is 0.179 e. The standard InChI is InChI=1S/C13H18BrFN2O/c1-17-7-8(6-16)3-11(17)9-4-10(14)13(15)12(5-9)18-2/h4-5,8,11H,3,6-7,16H2,1-2H3. The Bertz CT molecular complexity index is 441. The molecular weight excluding hydrogens is 299 g/mol. The van der Waals surface area contributed by atoms with Crippen LogP contribution in [0, 0.1) is 11.7 Å². The van der Waals surface area contributed by atoms with Crippen LogP contribution in [0.1, 0.15) is 18.0 Å². The number of hydrogen-bond donors (Lipinski definition) is 1. The highest BCUT2D eigenvalue weighted by Gasteiger charge is 2.30. The van der Waals surface area contributed by atoms with Crippen LogP contribution in [0.4, 0.5) is 4.39 Å². The van der Waals surface area contributed by atoms with Crippen LogP contribution in [-0.2, 0) is 0 Å². The summed E-state index contributed by atoms with van der Waals surface area (Å²) in [6.45, 7) is 1.68. The van der Waals surface area contributed by atoms with Crippen molar-refractivity contribution in [2.24, 2.45) is 11.7 Å². The molecule has 0 radical (unpaired) electrons. The second-order valence-corrected chi connectivity index (χ2v) is 5.67. The van der Waals surface area contributed by atoms with Gasteiger partial charge in [-0.3, -0.25) is 4.90 Å². The lowest BCUT2D eigenvalue weighted by molar-refractivity contribution is 0.311. The first-order chi connectivity index (χ1) is 8.56. The Morgan fingerprint density at radius 3 is 2.83 bits per heavy atom. The van der Waals surface area contributed by atoms with E-state index in [2.05, 4.69) is 27.9 Å². The molecule has 2 atom stereocenters. The van der Waals surface area contributed by atoms with Gasteiger partial charge in [-0.05, 0) is 59.6 Å². The van der Waals surface area contributed by atoms with Gasteiger partial charge in [0.1, 0.15) is 0 Å². The largest absolute Gasteiger partial charge is 0.494 e. The van der Waals surface area contributed by atoms with Crippen LogP contribution >= 0.6 is 15.9 Å². The van der Waals surface area contributed by atoms with E-state index in [1.54, 1.807) is 6.07 Å². The highest BCUT2D eigenvalue weighted by atomic mass is 79.9. The van der Waals surface area contributed by atoms with Crippen LogP contribution in [0.25, 0.3) is 0 Å². The van der Waals surface area contributed by atoms with Crippen molar-refractivity contribution in [1.82, 2.24) is 4.90 Å². The van der Waals surface area contributed by atoms with Crippen LogP contribution in [0.5, 0.6) is 5.75 Å². The van der Waals surface area contributed by atoms with Crippen molar-refractivity contribution in [2.45, 2.75) is 12.5 Å². The number of ether oxygens (including phenoxy) is 1. The second-order valence-electron chi connectivity index (χ2n) is 4.81. The normalized spacial score (nSPS) is 24.5. The van der Waals surface area contributed by atoms with E-state index in [1.165, 1.54) is 7.11 Å². The number of halogens is 2. The smallest absolute Gasteiger partial charge is 0.179 e. The summed E-state index contributed by atoms with van der Waals surface area (Å²) in [6, 6.07) is 3.89. The summed E-state index contributed by atoms with van der Waals surface area (Å²) in [5, 5.41) is 0. The molecule has 1 saturated heterocycles. The first-order valence-corrected chi connectivity index (χ1v) is 6.79. The Hall–Kier alpha value is -0.650. The van der Waals surface area contributed by atoms with Gasteiger partial charge in [-0.2, -0.15) is 0 Å². The summed E-state index contributed by atoms with van der Waals surface area (Å²) in [5.74, 6) is 0.441. The van der Waals surface area contributed by atoms with E-state index in [4.69, 9.17) is 10.5 Å². The quantitative estimate of drug-likeness (QED) is 0.931. The van der Waals surface area contributed by atoms with Crippen LogP contribution in [0.2, 0.25) is 0 Å². The number of likely N-dealkylation sites (tertiary alicyclic amines) is 1. The third kappa shape index (κ3) is 2.53. The van der Waals surface area contributed by atoms with Crippen molar-refractivity contribution in [2.75, 3.05) is 27.2 Å². The van der Waals surface area contributed by atoms with Gasteiger partial charge in [0.25, 0.3) is 0 Å². The molecule has 1 heterocycles. The van der Waals surface area contributed by atoms with Gasteiger partial charge in [0.2, 0.25) is 0 Å². The molecule has 0 bridgehead atoms. The third-order valence-electron chi connectivity index (χ3n) is 3.59. The number of benzene rings is 1. The van der Waals surface area contributed by atoms with E-state index < -0.39 is 0 Å². The van der Waals surface area contributed by atoms with E-state index in [1.807, 2.05) is 6.07 Å². The van der Waals surface area contributed by atoms with Crippen LogP contribution in [0.15, 0.2) is 16.6 Å². The minimum atomic E-state index is -0.350. The van der Waals surface area contributed by atoms with Gasteiger partial charge in [-0.15, -0.1) is 0 Å². The molecule has 0 saturated carbocycles. The predicted octanol–water partition coefficient (Wildman–Crippen LogP) is 2.55. The first-order valence-electron chi connectivity index (χ1n) is 6.00. The fourth-order valence-corrected chi connectivity index (χ4v) is 3.05. The Kier molecular flexibility index (Phi) is 4.25. The topological polar surface area (TPSA) is 38.5 Å². The maximum absolute atomic E-state index is 13.7. The molecule has 0 aliphatic carbocycles. The van der Waals surface area contributed by atoms with Crippen LogP contribution in [-0.4, -0.2) is 32.1 Å². The molecule has 0 aromatic heterocycles. The van der Waals surface area contributed by atoms with Crippen molar-refractivity contribution in [3.8, 4) is 5.75 Å². The Morgan fingerprint density at radius 2 is 2.28 bits per heavy atom. The molecule has 3 nitrogen and oxygen atoms in total. The summed E-state index contributed by atoms with van der Waals surface area (Å²) in [6.07, 6.45) is 1.01. The Morgan fingerprint density at radius 1 is 1.56 bits per heavy atom. The monoisotopic (exact) mass is 316 g/mol. The average molecular weight is 317 g/mol. The molecule has 1 aliphatic rings. The fraction of sp³-hybridized carbons (Fsp3) is 0.538. The van der Waals surface area contributed by atoms with Crippen LogP contribution in [0.3, 0.4) is 0 Å². The molecule has 1 aromatic rings. The Balaban J connectivity index is 2.31. The molecule has 2 rings (SSSR count). The summed E-state index contributed by atoms with van der Waals surface area (Å²) >= 11 is 3.24. The van der Waals surface area contributed by atoms with Crippen molar-refractivity contribution in [1.29, 1.82) is 0 Å². The molecular formula is C13H18BrFN2O. The summed E-state index contributed by atoms with van der Waals surface area (Å²) in [7, 11) is 3.56. The van der Waals surface area contributed by atoms with Gasteiger partial charge >= 0.3 is 0 Å². The highest BCUT2D eigenvalue weighted by Crippen LogP contribution is 2.37. The zero-order chi connectivity index (χ0) is 13.3. The van der Waals surface area contributed by atoms with E-state index in [0.29, 0.717) is 16.9 Å². The molecule has 0 amide bonds. The van der Waals surface area contributed by atoms with Crippen LogP contribution < -0.4 is 10.5 Å². The van der Waals surface area contributed by atoms with E-state index in [9.17, 15) is 4.39 Å². The zero-order valence-electron chi connectivity index (χ0n) is 10.6. The summed E-state index contributed by atoms with van der Waals surface area (Å²) < 4.78 is 19.2. The molecule has 1 aromatic carbocycles. The average Bonchev–Trinajstić information content (AvgIpc) is 2.74. The minimum Gasteiger partial charge on any atom is -0.494 e. The van der Waals surface area contributed by atoms with Gasteiger partial charge in [0, 0.05) is 12.6 Å². The predicted molar refractivity (Wildman–Crippen MR) is 73.2 cm³/mol. The lowest BCUT2D eigenvalue weighted by atomic mass is 9.99. The first kappa shape index (κ1) is 13.8. The number of rotatable bonds is 3. The van der Waals surface area contributed by atoms with Gasteiger partial charge in [-0.1, -0.05) is 0 Å². The summed E-state index contributed by atoms with van der Waals surface area (Å²) in [5.41, 5.74) is 6.79. The van der Waals surface area contributed by atoms with Crippen molar-refractivity contribution < 1.29 is 9.13 Å². The van der Waals surface area contributed by atoms with Gasteiger partial charge in [-0.25, -0.2) is 4.39 Å². The molecule has 2 N–H and O–H groups in total. The Labute approximate surface area is 115 Å². The molecule has 0 spiro atoms. The minimum absolute atomic E-state index is 0.281. The zero-order valence-corrected chi connectivity index (χ0v) is 12.2. The van der Waals surface area contributed by atoms with Gasteiger partial charge < -0.3 is 10.5 Å². The van der Waals surface area contributed by atoms with Gasteiger partial charge in [0.15, 0.2) is 11.6 Å². The second kappa shape index (κ2) is 5.55. The molecule has 5 heteroatoms. The lowest BCUT2D eigenvalue weighted by Gasteiger charge is -2.20. The van der Waals surface area contributed by atoms with E-state index in [-0.39, 0.29) is 17.6 Å². The highest BCUT2D eigenvalue weighted by molar-refractivity contribution is 9.10. The van der Waals surface area contributed by atoms with Crippen molar-refractivity contribution >= 4 is 15.9 Å². The number of methoxy groups -OCH3 is 1. The molecule has 1 aliphatic heterocycles. The summed E-state index contributed by atoms with van der Waals surface area (Å²) in [4.78, 5) is 2.26. The van der Waals surface area contributed by atoms with E-state index >= 15 is 0 Å². The van der Waals surface area contributed by atoms with E-state index in [0.717, 1.165) is 18.5 Å². The molecule has 1 fully saturated rings. The SMILES string of the molecule is COc1cc(C2CC(CN)CN2C)cc(Br)c1F. The molecule has 18 heavy (non-hydrogen) atoms. The fourth-order valence-electron chi connectivity index (χ4n) is 2.59. The van der Waals surface area contributed by atoms with Crippen molar-refractivity contribution in [3.63, 3.8) is 0 Å². The van der Waals surface area contributed by atoms with Crippen molar-refractivity contribution in [3.05, 3.63) is 28.0 Å². The number of nitrogens with zero attached hydrogens (tertiary/aromatic N) is 1. The number of hydrogen-bond acceptors (Lipinski definition) is 3. The maximum atomic E-state index is 13.7. The third-order valence-corrected chi connectivity index (χ3v) is 4.17. The van der Waals surface area contributed by atoms with Gasteiger partial charge in [0.05, 0.1) is 11.6 Å². The molecule has 2 unspecified atom stereocenters.